The molecule has 1 aliphatic carbocycles. The van der Waals surface area contributed by atoms with Crippen LogP contribution in [0.4, 0.5) is 4.79 Å². The number of carbonyl (C=O) groups excluding carboxylic acids is 1. The molecule has 4 heteroatoms. The number of ether oxygens (including phenoxy) is 1. The maximum absolute atomic E-state index is 11.5. The van der Waals surface area contributed by atoms with Crippen molar-refractivity contribution in [2.45, 2.75) is 65.1 Å². The third kappa shape index (κ3) is 5.91. The van der Waals surface area contributed by atoms with E-state index in [4.69, 9.17) is 4.74 Å². The molecule has 1 amide bonds. The van der Waals surface area contributed by atoms with Crippen molar-refractivity contribution in [2.75, 3.05) is 6.54 Å². The monoisotopic (exact) mass is 242 g/mol. The molecular formula is C13H26N2O2. The molecule has 0 aromatic heterocycles. The highest BCUT2D eigenvalue weighted by Gasteiger charge is 2.25. The number of nitrogens with one attached hydrogen (secondary N) is 2. The van der Waals surface area contributed by atoms with E-state index in [1.54, 1.807) is 0 Å². The lowest BCUT2D eigenvalue weighted by atomic mass is 9.82. The largest absolute Gasteiger partial charge is 0.444 e. The molecule has 1 rings (SSSR count). The number of alkyl carbamates (subject to hydrolysis) is 1. The van der Waals surface area contributed by atoms with Gasteiger partial charge in [0, 0.05) is 18.6 Å². The number of hydrogen-bond acceptors (Lipinski definition) is 3. The molecule has 1 saturated carbocycles. The molecule has 0 aromatic rings. The second-order valence-corrected chi connectivity index (χ2v) is 6.23. The first kappa shape index (κ1) is 14.3. The number of amides is 1. The van der Waals surface area contributed by atoms with Crippen LogP contribution in [0.1, 0.15) is 47.5 Å². The highest BCUT2D eigenvalue weighted by Crippen LogP contribution is 2.25. The van der Waals surface area contributed by atoms with Crippen LogP contribution in [0, 0.1) is 5.92 Å². The maximum Gasteiger partial charge on any atom is 0.407 e. The summed E-state index contributed by atoms with van der Waals surface area (Å²) in [6, 6.07) is 0.730. The zero-order valence-electron chi connectivity index (χ0n) is 11.7. The van der Waals surface area contributed by atoms with Crippen molar-refractivity contribution >= 4 is 6.09 Å². The first-order valence-electron chi connectivity index (χ1n) is 6.49. The average molecular weight is 242 g/mol. The van der Waals surface area contributed by atoms with Crippen molar-refractivity contribution in [1.29, 1.82) is 0 Å². The summed E-state index contributed by atoms with van der Waals surface area (Å²) in [6.07, 6.45) is 2.16. The maximum atomic E-state index is 11.5. The van der Waals surface area contributed by atoms with Crippen molar-refractivity contribution in [3.05, 3.63) is 0 Å². The molecule has 17 heavy (non-hydrogen) atoms. The summed E-state index contributed by atoms with van der Waals surface area (Å²) < 4.78 is 5.19. The minimum atomic E-state index is -0.430. The number of carbonyl (C=O) groups is 1. The van der Waals surface area contributed by atoms with Crippen LogP contribution in [0.25, 0.3) is 0 Å². The summed E-state index contributed by atoms with van der Waals surface area (Å²) in [4.78, 5) is 11.5. The predicted octanol–water partition coefficient (Wildman–Crippen LogP) is 2.29. The second kappa shape index (κ2) is 5.71. The Balaban J connectivity index is 2.12. The molecule has 0 heterocycles. The van der Waals surface area contributed by atoms with Crippen LogP contribution in [-0.2, 0) is 4.74 Å². The van der Waals surface area contributed by atoms with E-state index in [-0.39, 0.29) is 12.1 Å². The second-order valence-electron chi connectivity index (χ2n) is 6.23. The molecule has 0 saturated heterocycles. The lowest BCUT2D eigenvalue weighted by molar-refractivity contribution is 0.0506. The summed E-state index contributed by atoms with van der Waals surface area (Å²) in [5.41, 5.74) is -0.430. The standard InChI is InChI=1S/C13H26N2O2/c1-9-6-11(7-9)14-8-10(2)15-12(16)17-13(3,4)5/h9-11,14H,6-8H2,1-5H3,(H,15,16). The first-order valence-corrected chi connectivity index (χ1v) is 6.49. The van der Waals surface area contributed by atoms with Crippen LogP contribution in [0.2, 0.25) is 0 Å². The molecule has 1 unspecified atom stereocenters. The van der Waals surface area contributed by atoms with E-state index in [0.717, 1.165) is 12.5 Å². The SMILES string of the molecule is CC1CC(NCC(C)NC(=O)OC(C)(C)C)C1. The van der Waals surface area contributed by atoms with E-state index in [9.17, 15) is 4.79 Å². The molecule has 0 radical (unpaired) electrons. The van der Waals surface area contributed by atoms with Gasteiger partial charge in [0.2, 0.25) is 0 Å². The van der Waals surface area contributed by atoms with Crippen LogP contribution in [-0.4, -0.2) is 30.3 Å². The van der Waals surface area contributed by atoms with E-state index in [1.807, 2.05) is 27.7 Å². The lowest BCUT2D eigenvalue weighted by Gasteiger charge is -2.34. The normalized spacial score (nSPS) is 25.9. The van der Waals surface area contributed by atoms with Gasteiger partial charge in [-0.1, -0.05) is 6.92 Å². The fraction of sp³-hybridized carbons (Fsp3) is 0.923. The van der Waals surface area contributed by atoms with Crippen LogP contribution in [0.15, 0.2) is 0 Å². The highest BCUT2D eigenvalue weighted by molar-refractivity contribution is 5.68. The van der Waals surface area contributed by atoms with Gasteiger partial charge in [0.1, 0.15) is 5.60 Å². The van der Waals surface area contributed by atoms with Gasteiger partial charge in [0.15, 0.2) is 0 Å². The van der Waals surface area contributed by atoms with Crippen molar-refractivity contribution in [1.82, 2.24) is 10.6 Å². The minimum absolute atomic E-state index is 0.0979. The molecule has 1 aliphatic rings. The van der Waals surface area contributed by atoms with Gasteiger partial charge in [0.25, 0.3) is 0 Å². The fourth-order valence-corrected chi connectivity index (χ4v) is 1.97. The predicted molar refractivity (Wildman–Crippen MR) is 69.0 cm³/mol. The van der Waals surface area contributed by atoms with E-state index >= 15 is 0 Å². The summed E-state index contributed by atoms with van der Waals surface area (Å²) in [5.74, 6) is 0.849. The fourth-order valence-electron chi connectivity index (χ4n) is 1.97. The van der Waals surface area contributed by atoms with Gasteiger partial charge >= 0.3 is 6.09 Å². The Morgan fingerprint density at radius 1 is 1.41 bits per heavy atom. The van der Waals surface area contributed by atoms with Crippen molar-refractivity contribution in [3.63, 3.8) is 0 Å². The Bertz CT molecular complexity index is 255. The zero-order valence-corrected chi connectivity index (χ0v) is 11.7. The Morgan fingerprint density at radius 2 is 2.00 bits per heavy atom. The Morgan fingerprint density at radius 3 is 2.47 bits per heavy atom. The molecule has 1 atom stereocenters. The van der Waals surface area contributed by atoms with Gasteiger partial charge in [-0.25, -0.2) is 4.79 Å². The summed E-state index contributed by atoms with van der Waals surface area (Å²) in [6.45, 7) is 10.7. The van der Waals surface area contributed by atoms with Gasteiger partial charge in [-0.05, 0) is 46.5 Å². The topological polar surface area (TPSA) is 50.4 Å². The molecule has 100 valence electrons. The van der Waals surface area contributed by atoms with Crippen molar-refractivity contribution in [2.24, 2.45) is 5.92 Å². The third-order valence-electron chi connectivity index (χ3n) is 2.85. The van der Waals surface area contributed by atoms with Crippen molar-refractivity contribution in [3.8, 4) is 0 Å². The Labute approximate surface area is 104 Å². The Hall–Kier alpha value is -0.770. The molecule has 0 aromatic carbocycles. The average Bonchev–Trinajstić information content (AvgIpc) is 2.06. The van der Waals surface area contributed by atoms with Gasteiger partial charge in [0.05, 0.1) is 0 Å². The van der Waals surface area contributed by atoms with Gasteiger partial charge in [-0.15, -0.1) is 0 Å². The highest BCUT2D eigenvalue weighted by atomic mass is 16.6. The smallest absolute Gasteiger partial charge is 0.407 e. The van der Waals surface area contributed by atoms with Crippen LogP contribution in [0.5, 0.6) is 0 Å². The Kier molecular flexibility index (Phi) is 4.80. The first-order chi connectivity index (χ1) is 7.76. The summed E-state index contributed by atoms with van der Waals surface area (Å²) in [5, 5.41) is 6.27. The molecule has 0 aliphatic heterocycles. The van der Waals surface area contributed by atoms with Gasteiger partial charge in [-0.3, -0.25) is 0 Å². The van der Waals surface area contributed by atoms with E-state index in [1.165, 1.54) is 12.8 Å². The lowest BCUT2D eigenvalue weighted by Crippen LogP contribution is -2.48. The van der Waals surface area contributed by atoms with E-state index in [0.29, 0.717) is 6.04 Å². The minimum Gasteiger partial charge on any atom is -0.444 e. The van der Waals surface area contributed by atoms with Crippen LogP contribution in [0.3, 0.4) is 0 Å². The number of hydrogen-bond donors (Lipinski definition) is 2. The quantitative estimate of drug-likeness (QED) is 0.795. The van der Waals surface area contributed by atoms with Crippen molar-refractivity contribution < 1.29 is 9.53 Å². The zero-order chi connectivity index (χ0) is 13.1. The van der Waals surface area contributed by atoms with E-state index in [2.05, 4.69) is 17.6 Å². The van der Waals surface area contributed by atoms with Crippen LogP contribution >= 0.6 is 0 Å². The summed E-state index contributed by atoms with van der Waals surface area (Å²) >= 11 is 0. The molecular weight excluding hydrogens is 216 g/mol. The van der Waals surface area contributed by atoms with Gasteiger partial charge < -0.3 is 15.4 Å². The molecule has 0 spiro atoms. The molecule has 0 bridgehead atoms. The van der Waals surface area contributed by atoms with E-state index < -0.39 is 5.60 Å². The summed E-state index contributed by atoms with van der Waals surface area (Å²) in [7, 11) is 0. The molecule has 1 fully saturated rings. The number of rotatable bonds is 4. The van der Waals surface area contributed by atoms with Crippen LogP contribution < -0.4 is 10.6 Å². The molecule has 4 nitrogen and oxygen atoms in total. The van der Waals surface area contributed by atoms with Gasteiger partial charge in [-0.2, -0.15) is 0 Å². The molecule has 2 N–H and O–H groups in total. The third-order valence-corrected chi connectivity index (χ3v) is 2.85.